The standard InChI is InChI=1S/C12H14F2N2O6S2/c13-10-8(1-2-9(11(10)14)24(15,21)22)23(19,20)7-3-5-16(6-4-7)12(17)18/h1-2,7H,3-6H2,(H,17,18)(H2,15,21,22). The average Bonchev–Trinajstić information content (AvgIpc) is 2.48. The number of carboxylic acid groups (broad SMARTS) is 1. The van der Waals surface area contributed by atoms with Gasteiger partial charge in [0.2, 0.25) is 10.0 Å². The number of nitrogens with zero attached hydrogens (tertiary/aromatic N) is 1. The highest BCUT2D eigenvalue weighted by Crippen LogP contribution is 2.29. The van der Waals surface area contributed by atoms with Crippen molar-refractivity contribution in [1.29, 1.82) is 0 Å². The highest BCUT2D eigenvalue weighted by molar-refractivity contribution is 7.92. The van der Waals surface area contributed by atoms with Gasteiger partial charge in [-0.1, -0.05) is 0 Å². The number of primary sulfonamides is 1. The predicted octanol–water partition coefficient (Wildman–Crippen LogP) is 0.528. The van der Waals surface area contributed by atoms with Crippen molar-refractivity contribution in [3.63, 3.8) is 0 Å². The first-order valence-electron chi connectivity index (χ1n) is 6.69. The van der Waals surface area contributed by atoms with E-state index in [2.05, 4.69) is 0 Å². The molecule has 1 saturated heterocycles. The van der Waals surface area contributed by atoms with Crippen molar-refractivity contribution < 1.29 is 35.5 Å². The Morgan fingerprint density at radius 2 is 1.54 bits per heavy atom. The number of hydrogen-bond donors (Lipinski definition) is 2. The Bertz CT molecular complexity index is 877. The Labute approximate surface area is 136 Å². The normalized spacial score (nSPS) is 17.0. The summed E-state index contributed by atoms with van der Waals surface area (Å²) in [5, 5.41) is 12.5. The monoisotopic (exact) mass is 384 g/mol. The molecule has 0 unspecified atom stereocenters. The second kappa shape index (κ2) is 6.26. The zero-order chi connectivity index (χ0) is 18.3. The first-order chi connectivity index (χ1) is 11.0. The summed E-state index contributed by atoms with van der Waals surface area (Å²) in [7, 11) is -8.84. The van der Waals surface area contributed by atoms with Crippen LogP contribution in [0.2, 0.25) is 0 Å². The minimum atomic E-state index is -4.54. The first-order valence-corrected chi connectivity index (χ1v) is 9.78. The SMILES string of the molecule is NS(=O)(=O)c1ccc(S(=O)(=O)C2CCN(C(=O)O)CC2)c(F)c1F. The molecule has 2 rings (SSSR count). The van der Waals surface area contributed by atoms with Crippen LogP contribution in [-0.2, 0) is 19.9 Å². The van der Waals surface area contributed by atoms with Crippen molar-refractivity contribution in [3.8, 4) is 0 Å². The fourth-order valence-corrected chi connectivity index (χ4v) is 4.88. The van der Waals surface area contributed by atoms with Gasteiger partial charge in [0.05, 0.1) is 5.25 Å². The Morgan fingerprint density at radius 1 is 1.08 bits per heavy atom. The van der Waals surface area contributed by atoms with Crippen molar-refractivity contribution in [2.24, 2.45) is 5.14 Å². The van der Waals surface area contributed by atoms with Gasteiger partial charge in [0.1, 0.15) is 9.79 Å². The van der Waals surface area contributed by atoms with E-state index >= 15 is 0 Å². The summed E-state index contributed by atoms with van der Waals surface area (Å²) in [5.41, 5.74) is 0. The summed E-state index contributed by atoms with van der Waals surface area (Å²) in [6, 6.07) is 1.24. The van der Waals surface area contributed by atoms with E-state index in [0.717, 1.165) is 4.90 Å². The van der Waals surface area contributed by atoms with Gasteiger partial charge in [0.25, 0.3) is 0 Å². The van der Waals surface area contributed by atoms with Gasteiger partial charge in [-0.15, -0.1) is 0 Å². The second-order valence-corrected chi connectivity index (χ2v) is 8.98. The fourth-order valence-electron chi connectivity index (χ4n) is 2.49. The number of likely N-dealkylation sites (tertiary alicyclic amines) is 1. The van der Waals surface area contributed by atoms with E-state index in [-0.39, 0.29) is 25.9 Å². The summed E-state index contributed by atoms with van der Waals surface area (Å²) in [6.45, 7) is -0.114. The summed E-state index contributed by atoms with van der Waals surface area (Å²) >= 11 is 0. The fraction of sp³-hybridized carbons (Fsp3) is 0.417. The van der Waals surface area contributed by atoms with Gasteiger partial charge in [0, 0.05) is 13.1 Å². The topological polar surface area (TPSA) is 135 Å². The van der Waals surface area contributed by atoms with E-state index in [0.29, 0.717) is 12.1 Å². The number of halogens is 2. The van der Waals surface area contributed by atoms with Gasteiger partial charge in [0.15, 0.2) is 21.5 Å². The van der Waals surface area contributed by atoms with Crippen molar-refractivity contribution in [2.45, 2.75) is 27.9 Å². The van der Waals surface area contributed by atoms with Crippen LogP contribution < -0.4 is 5.14 Å². The molecule has 3 N–H and O–H groups in total. The van der Waals surface area contributed by atoms with Crippen molar-refractivity contribution in [3.05, 3.63) is 23.8 Å². The maximum atomic E-state index is 14.1. The Balaban J connectivity index is 2.38. The molecule has 1 fully saturated rings. The van der Waals surface area contributed by atoms with Gasteiger partial charge in [-0.05, 0) is 25.0 Å². The highest BCUT2D eigenvalue weighted by atomic mass is 32.2. The third kappa shape index (κ3) is 3.35. The number of hydrogen-bond acceptors (Lipinski definition) is 5. The molecule has 1 amide bonds. The molecule has 12 heteroatoms. The molecule has 1 aromatic carbocycles. The number of amides is 1. The van der Waals surface area contributed by atoms with Crippen LogP contribution in [0.3, 0.4) is 0 Å². The minimum Gasteiger partial charge on any atom is -0.465 e. The molecule has 0 saturated carbocycles. The summed E-state index contributed by atoms with van der Waals surface area (Å²) in [4.78, 5) is 9.72. The zero-order valence-corrected chi connectivity index (χ0v) is 13.8. The molecule has 0 bridgehead atoms. The number of carbonyl (C=O) groups is 1. The van der Waals surface area contributed by atoms with E-state index in [1.807, 2.05) is 0 Å². The molecule has 0 radical (unpaired) electrons. The van der Waals surface area contributed by atoms with Gasteiger partial charge < -0.3 is 10.0 Å². The van der Waals surface area contributed by atoms with Crippen LogP contribution in [0, 0.1) is 11.6 Å². The van der Waals surface area contributed by atoms with E-state index < -0.39 is 52.6 Å². The number of nitrogens with two attached hydrogens (primary N) is 1. The number of sulfonamides is 1. The molecular formula is C12H14F2N2O6S2. The number of rotatable bonds is 3. The molecule has 0 atom stereocenters. The quantitative estimate of drug-likeness (QED) is 0.780. The van der Waals surface area contributed by atoms with E-state index in [1.54, 1.807) is 0 Å². The Morgan fingerprint density at radius 3 is 2.00 bits per heavy atom. The molecular weight excluding hydrogens is 370 g/mol. The van der Waals surface area contributed by atoms with Gasteiger partial charge >= 0.3 is 6.09 Å². The lowest BCUT2D eigenvalue weighted by molar-refractivity contribution is 0.136. The largest absolute Gasteiger partial charge is 0.465 e. The molecule has 8 nitrogen and oxygen atoms in total. The van der Waals surface area contributed by atoms with Crippen LogP contribution in [0.15, 0.2) is 21.9 Å². The highest BCUT2D eigenvalue weighted by Gasteiger charge is 2.36. The number of sulfone groups is 1. The number of piperidine rings is 1. The molecule has 24 heavy (non-hydrogen) atoms. The van der Waals surface area contributed by atoms with Crippen molar-refractivity contribution in [1.82, 2.24) is 4.90 Å². The molecule has 1 aliphatic heterocycles. The van der Waals surface area contributed by atoms with Crippen LogP contribution in [0.4, 0.5) is 13.6 Å². The minimum absolute atomic E-state index is 0.0570. The lowest BCUT2D eigenvalue weighted by Crippen LogP contribution is -2.42. The maximum absolute atomic E-state index is 14.1. The van der Waals surface area contributed by atoms with Gasteiger partial charge in [-0.2, -0.15) is 0 Å². The summed E-state index contributed by atoms with van der Waals surface area (Å²) < 4.78 is 75.1. The van der Waals surface area contributed by atoms with Gasteiger partial charge in [-0.3, -0.25) is 0 Å². The summed E-state index contributed by atoms with van der Waals surface area (Å²) in [5.74, 6) is -3.68. The molecule has 1 aliphatic rings. The average molecular weight is 384 g/mol. The Kier molecular flexibility index (Phi) is 4.84. The first kappa shape index (κ1) is 18.5. The predicted molar refractivity (Wildman–Crippen MR) is 77.5 cm³/mol. The van der Waals surface area contributed by atoms with Crippen LogP contribution in [0.5, 0.6) is 0 Å². The van der Waals surface area contributed by atoms with Crippen LogP contribution in [-0.4, -0.2) is 51.3 Å². The molecule has 0 aromatic heterocycles. The smallest absolute Gasteiger partial charge is 0.407 e. The van der Waals surface area contributed by atoms with Gasteiger partial charge in [-0.25, -0.2) is 35.5 Å². The zero-order valence-electron chi connectivity index (χ0n) is 12.1. The van der Waals surface area contributed by atoms with Crippen LogP contribution in [0.25, 0.3) is 0 Å². The van der Waals surface area contributed by atoms with Crippen LogP contribution in [0.1, 0.15) is 12.8 Å². The summed E-state index contributed by atoms with van der Waals surface area (Å²) in [6.07, 6.45) is -1.35. The van der Waals surface area contributed by atoms with E-state index in [1.165, 1.54) is 0 Å². The molecule has 1 aromatic rings. The molecule has 134 valence electrons. The van der Waals surface area contributed by atoms with Crippen LogP contribution >= 0.6 is 0 Å². The van der Waals surface area contributed by atoms with Crippen molar-refractivity contribution in [2.75, 3.05) is 13.1 Å². The molecule has 0 aliphatic carbocycles. The van der Waals surface area contributed by atoms with E-state index in [9.17, 15) is 30.4 Å². The molecule has 1 heterocycles. The van der Waals surface area contributed by atoms with Crippen molar-refractivity contribution >= 4 is 26.0 Å². The second-order valence-electron chi connectivity index (χ2n) is 5.25. The number of benzene rings is 1. The maximum Gasteiger partial charge on any atom is 0.407 e. The Hall–Kier alpha value is -1.79. The third-order valence-corrected chi connectivity index (χ3v) is 6.98. The molecule has 0 spiro atoms. The van der Waals surface area contributed by atoms with E-state index in [4.69, 9.17) is 10.2 Å². The third-order valence-electron chi connectivity index (χ3n) is 3.78. The lowest BCUT2D eigenvalue weighted by atomic mass is 10.1. The lowest BCUT2D eigenvalue weighted by Gasteiger charge is -2.29.